The van der Waals surface area contributed by atoms with Crippen LogP contribution >= 0.6 is 0 Å². The van der Waals surface area contributed by atoms with Gasteiger partial charge in [0.1, 0.15) is 23.5 Å². The number of alkyl halides is 1. The smallest absolute Gasteiger partial charge is 0.326 e. The van der Waals surface area contributed by atoms with Crippen LogP contribution in [0.5, 0.6) is 0 Å². The zero-order chi connectivity index (χ0) is 19.8. The Morgan fingerprint density at radius 1 is 1.43 bits per heavy atom. The first-order valence-corrected chi connectivity index (χ1v) is 9.33. The van der Waals surface area contributed by atoms with E-state index in [-0.39, 0.29) is 12.2 Å². The maximum Gasteiger partial charge on any atom is 0.326 e. The maximum atomic E-state index is 13.6. The van der Waals surface area contributed by atoms with Crippen LogP contribution in [0.15, 0.2) is 18.0 Å². The van der Waals surface area contributed by atoms with Crippen LogP contribution in [-0.4, -0.2) is 51.8 Å². The van der Waals surface area contributed by atoms with Crippen LogP contribution in [0.3, 0.4) is 0 Å². The molecule has 3 amide bonds. The third-order valence-electron chi connectivity index (χ3n) is 4.61. The summed E-state index contributed by atoms with van der Waals surface area (Å²) in [5.41, 5.74) is 1.23. The third-order valence-corrected chi connectivity index (χ3v) is 4.61. The Morgan fingerprint density at radius 3 is 2.82 bits per heavy atom. The first-order chi connectivity index (χ1) is 13.4. The molecule has 4 rings (SSSR count). The minimum absolute atomic E-state index is 0.133. The van der Waals surface area contributed by atoms with E-state index in [0.29, 0.717) is 29.6 Å². The molecule has 10 heteroatoms. The first kappa shape index (κ1) is 18.2. The predicted octanol–water partition coefficient (Wildman–Crippen LogP) is 1.67. The molecule has 0 aromatic carbocycles. The van der Waals surface area contributed by atoms with Gasteiger partial charge in [0.05, 0.1) is 12.7 Å². The average Bonchev–Trinajstić information content (AvgIpc) is 3.28. The lowest BCUT2D eigenvalue weighted by molar-refractivity contribution is -0.115. The topological polar surface area (TPSA) is 104 Å². The number of urea groups is 1. The number of hydrogen-bond acceptors (Lipinski definition) is 6. The summed E-state index contributed by atoms with van der Waals surface area (Å²) in [7, 11) is 0. The van der Waals surface area contributed by atoms with Gasteiger partial charge in [0.2, 0.25) is 0 Å². The lowest BCUT2D eigenvalue weighted by atomic mass is 10.2. The van der Waals surface area contributed by atoms with Crippen molar-refractivity contribution in [3.8, 4) is 0 Å². The van der Waals surface area contributed by atoms with Crippen LogP contribution in [0.25, 0.3) is 11.7 Å². The molecule has 1 saturated heterocycles. The van der Waals surface area contributed by atoms with Gasteiger partial charge in [-0.1, -0.05) is 0 Å². The summed E-state index contributed by atoms with van der Waals surface area (Å²) < 4.78 is 15.3. The highest BCUT2D eigenvalue weighted by Gasteiger charge is 2.26. The summed E-state index contributed by atoms with van der Waals surface area (Å²) in [6.07, 6.45) is 4.30. The van der Waals surface area contributed by atoms with E-state index < -0.39 is 18.1 Å². The van der Waals surface area contributed by atoms with Crippen molar-refractivity contribution in [2.24, 2.45) is 0 Å². The molecule has 3 heterocycles. The van der Waals surface area contributed by atoms with Gasteiger partial charge in [-0.3, -0.25) is 10.1 Å². The Kier molecular flexibility index (Phi) is 4.62. The van der Waals surface area contributed by atoms with Gasteiger partial charge in [0.25, 0.3) is 5.91 Å². The quantitative estimate of drug-likeness (QED) is 0.493. The standard InChI is InChI=1S/C18H22FN7O2/c1-3-25(9-10(2)19)14-7-15(21-12-4-5-12)26-16(23-14)11(8-20-26)6-13-17(27)24-18(28)22-13/h6-8,10,12,21H,3-5,9H2,1-2H3,(H2,22,24,27,28)/b13-6-/t10-/m0/s1. The fourth-order valence-electron chi connectivity index (χ4n) is 3.10. The molecule has 1 saturated carbocycles. The fraction of sp³-hybridized carbons (Fsp3) is 0.444. The van der Waals surface area contributed by atoms with Crippen LogP contribution in [0, 0.1) is 0 Å². The molecule has 2 aromatic heterocycles. The second-order valence-corrected chi connectivity index (χ2v) is 7.04. The minimum atomic E-state index is -0.998. The molecule has 3 N–H and O–H groups in total. The molecule has 148 valence electrons. The van der Waals surface area contributed by atoms with E-state index in [4.69, 9.17) is 0 Å². The number of imide groups is 1. The van der Waals surface area contributed by atoms with Crippen molar-refractivity contribution < 1.29 is 14.0 Å². The SMILES string of the molecule is CCN(C[C@H](C)F)c1cc(NC2CC2)n2ncc(/C=C3\NC(=O)NC3=O)c2n1. The van der Waals surface area contributed by atoms with Crippen molar-refractivity contribution in [3.63, 3.8) is 0 Å². The van der Waals surface area contributed by atoms with Gasteiger partial charge < -0.3 is 15.5 Å². The van der Waals surface area contributed by atoms with Gasteiger partial charge in [-0.25, -0.2) is 14.2 Å². The normalized spacial score (nSPS) is 19.0. The van der Waals surface area contributed by atoms with Crippen LogP contribution < -0.4 is 20.9 Å². The highest BCUT2D eigenvalue weighted by Crippen LogP contribution is 2.28. The van der Waals surface area contributed by atoms with E-state index in [2.05, 4.69) is 26.0 Å². The van der Waals surface area contributed by atoms with E-state index in [0.717, 1.165) is 18.7 Å². The van der Waals surface area contributed by atoms with Crippen molar-refractivity contribution in [2.75, 3.05) is 23.3 Å². The average molecular weight is 387 g/mol. The molecule has 1 aliphatic heterocycles. The molecule has 1 atom stereocenters. The molecule has 28 heavy (non-hydrogen) atoms. The molecule has 0 radical (unpaired) electrons. The van der Waals surface area contributed by atoms with E-state index in [1.54, 1.807) is 10.7 Å². The Labute approximate surface area is 161 Å². The number of aromatic nitrogens is 3. The van der Waals surface area contributed by atoms with Crippen LogP contribution in [-0.2, 0) is 4.79 Å². The van der Waals surface area contributed by atoms with Crippen molar-refractivity contribution in [1.29, 1.82) is 0 Å². The largest absolute Gasteiger partial charge is 0.367 e. The molecule has 2 aliphatic rings. The highest BCUT2D eigenvalue weighted by atomic mass is 19.1. The van der Waals surface area contributed by atoms with Gasteiger partial charge >= 0.3 is 6.03 Å². The Balaban J connectivity index is 1.79. The number of amides is 3. The van der Waals surface area contributed by atoms with Crippen molar-refractivity contribution in [1.82, 2.24) is 25.2 Å². The second-order valence-electron chi connectivity index (χ2n) is 7.04. The number of rotatable bonds is 7. The van der Waals surface area contributed by atoms with E-state index in [1.165, 1.54) is 13.0 Å². The maximum absolute atomic E-state index is 13.6. The van der Waals surface area contributed by atoms with Crippen molar-refractivity contribution in [3.05, 3.63) is 23.5 Å². The predicted molar refractivity (Wildman–Crippen MR) is 103 cm³/mol. The van der Waals surface area contributed by atoms with E-state index in [1.807, 2.05) is 17.9 Å². The third kappa shape index (κ3) is 3.62. The van der Waals surface area contributed by atoms with E-state index >= 15 is 0 Å². The van der Waals surface area contributed by atoms with Gasteiger partial charge in [-0.05, 0) is 32.8 Å². The number of nitrogens with zero attached hydrogens (tertiary/aromatic N) is 4. The van der Waals surface area contributed by atoms with Gasteiger partial charge in [-0.15, -0.1) is 0 Å². The summed E-state index contributed by atoms with van der Waals surface area (Å²) >= 11 is 0. The number of halogens is 1. The molecular formula is C18H22FN7O2. The number of nitrogens with one attached hydrogen (secondary N) is 3. The van der Waals surface area contributed by atoms with Crippen LogP contribution in [0.1, 0.15) is 32.3 Å². The summed E-state index contributed by atoms with van der Waals surface area (Å²) in [6, 6.07) is 1.69. The highest BCUT2D eigenvalue weighted by molar-refractivity contribution is 6.14. The first-order valence-electron chi connectivity index (χ1n) is 9.33. The molecule has 2 aromatic rings. The lowest BCUT2D eigenvalue weighted by Gasteiger charge is -2.23. The zero-order valence-corrected chi connectivity index (χ0v) is 15.7. The fourth-order valence-corrected chi connectivity index (χ4v) is 3.10. The molecule has 1 aliphatic carbocycles. The number of carbonyl (C=O) groups is 2. The molecule has 0 unspecified atom stereocenters. The van der Waals surface area contributed by atoms with Crippen molar-refractivity contribution >= 4 is 35.3 Å². The van der Waals surface area contributed by atoms with Gasteiger partial charge in [-0.2, -0.15) is 9.61 Å². The Bertz CT molecular complexity index is 964. The summed E-state index contributed by atoms with van der Waals surface area (Å²) in [4.78, 5) is 29.7. The van der Waals surface area contributed by atoms with Gasteiger partial charge in [0, 0.05) is 24.2 Å². The molecule has 2 fully saturated rings. The molecule has 0 spiro atoms. The van der Waals surface area contributed by atoms with Crippen molar-refractivity contribution in [2.45, 2.75) is 38.9 Å². The number of carbonyl (C=O) groups excluding carboxylic acids is 2. The lowest BCUT2D eigenvalue weighted by Crippen LogP contribution is -2.30. The second kappa shape index (κ2) is 7.10. The van der Waals surface area contributed by atoms with Gasteiger partial charge in [0.15, 0.2) is 5.65 Å². The summed E-state index contributed by atoms with van der Waals surface area (Å²) in [5.74, 6) is 0.887. The van der Waals surface area contributed by atoms with Crippen LogP contribution in [0.4, 0.5) is 20.8 Å². The number of fused-ring (bicyclic) bond motifs is 1. The summed E-state index contributed by atoms with van der Waals surface area (Å²) in [5, 5.41) is 12.4. The van der Waals surface area contributed by atoms with Crippen LogP contribution in [0.2, 0.25) is 0 Å². The molecule has 0 bridgehead atoms. The number of anilines is 2. The Morgan fingerprint density at radius 2 is 2.21 bits per heavy atom. The summed E-state index contributed by atoms with van der Waals surface area (Å²) in [6.45, 7) is 4.29. The zero-order valence-electron chi connectivity index (χ0n) is 15.7. The minimum Gasteiger partial charge on any atom is -0.367 e. The van der Waals surface area contributed by atoms with E-state index in [9.17, 15) is 14.0 Å². The molecule has 9 nitrogen and oxygen atoms in total. The molecular weight excluding hydrogens is 365 g/mol. The number of hydrogen-bond donors (Lipinski definition) is 3. The Hall–Kier alpha value is -3.17. The monoisotopic (exact) mass is 387 g/mol.